The van der Waals surface area contributed by atoms with Gasteiger partial charge in [0, 0.05) is 12.1 Å². The first kappa shape index (κ1) is 12.2. The van der Waals surface area contributed by atoms with Crippen LogP contribution in [0.4, 0.5) is 5.69 Å². The zero-order valence-electron chi connectivity index (χ0n) is 9.87. The molecule has 1 unspecified atom stereocenters. The van der Waals surface area contributed by atoms with Crippen LogP contribution < -0.4 is 11.1 Å². The molecule has 0 spiro atoms. The molecule has 1 aromatic rings. The smallest absolute Gasteiger partial charge is 0.251 e. The number of hydrogen-bond acceptors (Lipinski definition) is 2. The van der Waals surface area contributed by atoms with Crippen molar-refractivity contribution in [3.63, 3.8) is 0 Å². The van der Waals surface area contributed by atoms with Crippen LogP contribution in [-0.2, 0) is 0 Å². The minimum absolute atomic E-state index is 0.0839. The highest BCUT2D eigenvalue weighted by molar-refractivity contribution is 6.33. The molecule has 0 bridgehead atoms. The molecule has 17 heavy (non-hydrogen) atoms. The molecular weight excluding hydrogens is 236 g/mol. The maximum atomic E-state index is 11.8. The van der Waals surface area contributed by atoms with Gasteiger partial charge in [-0.3, -0.25) is 4.79 Å². The number of hydrogen-bond donors (Lipinski definition) is 2. The van der Waals surface area contributed by atoms with Crippen LogP contribution in [0.5, 0.6) is 0 Å². The lowest BCUT2D eigenvalue weighted by atomic mass is 10.1. The van der Waals surface area contributed by atoms with Gasteiger partial charge in [-0.05, 0) is 42.9 Å². The summed E-state index contributed by atoms with van der Waals surface area (Å²) in [4.78, 5) is 11.8. The summed E-state index contributed by atoms with van der Waals surface area (Å²) in [6.45, 7) is 2.90. The predicted octanol–water partition coefficient (Wildman–Crippen LogP) is 2.70. The van der Waals surface area contributed by atoms with Gasteiger partial charge in [0.25, 0.3) is 5.91 Å². The van der Waals surface area contributed by atoms with Crippen molar-refractivity contribution in [1.82, 2.24) is 5.32 Å². The zero-order chi connectivity index (χ0) is 12.4. The summed E-state index contributed by atoms with van der Waals surface area (Å²) in [5.41, 5.74) is 6.65. The fraction of sp³-hybridized carbons (Fsp3) is 0.462. The maximum absolute atomic E-state index is 11.8. The number of nitrogens with two attached hydrogens (primary N) is 1. The van der Waals surface area contributed by atoms with E-state index in [0.717, 1.165) is 12.5 Å². The number of rotatable bonds is 4. The van der Waals surface area contributed by atoms with Gasteiger partial charge in [-0.1, -0.05) is 18.5 Å². The number of benzene rings is 1. The third kappa shape index (κ3) is 3.13. The molecule has 1 aromatic carbocycles. The Labute approximate surface area is 106 Å². The Morgan fingerprint density at radius 3 is 2.88 bits per heavy atom. The molecule has 3 N–H and O–H groups in total. The summed E-state index contributed by atoms with van der Waals surface area (Å²) < 4.78 is 0. The topological polar surface area (TPSA) is 55.1 Å². The fourth-order valence-corrected chi connectivity index (χ4v) is 2.04. The summed E-state index contributed by atoms with van der Waals surface area (Å²) in [6, 6.07) is 4.95. The average molecular weight is 253 g/mol. The summed E-state index contributed by atoms with van der Waals surface area (Å²) in [6.07, 6.45) is 2.59. The van der Waals surface area contributed by atoms with Crippen LogP contribution in [0, 0.1) is 11.8 Å². The maximum Gasteiger partial charge on any atom is 0.251 e. The molecule has 92 valence electrons. The Kier molecular flexibility index (Phi) is 3.57. The molecule has 0 heterocycles. The number of carbonyl (C=O) groups is 1. The van der Waals surface area contributed by atoms with Crippen molar-refractivity contribution in [2.45, 2.75) is 19.8 Å². The molecule has 4 heteroatoms. The molecule has 1 aliphatic carbocycles. The molecule has 0 saturated heterocycles. The Morgan fingerprint density at radius 1 is 1.59 bits per heavy atom. The Balaban J connectivity index is 1.92. The van der Waals surface area contributed by atoms with Crippen molar-refractivity contribution in [2.75, 3.05) is 12.3 Å². The van der Waals surface area contributed by atoms with E-state index in [-0.39, 0.29) is 5.91 Å². The molecule has 2 rings (SSSR count). The van der Waals surface area contributed by atoms with Gasteiger partial charge in [-0.25, -0.2) is 0 Å². The largest absolute Gasteiger partial charge is 0.398 e. The normalized spacial score (nSPS) is 16.6. The molecule has 1 aliphatic rings. The lowest BCUT2D eigenvalue weighted by molar-refractivity contribution is 0.0946. The van der Waals surface area contributed by atoms with E-state index in [9.17, 15) is 4.79 Å². The number of carbonyl (C=O) groups excluding carboxylic acids is 1. The summed E-state index contributed by atoms with van der Waals surface area (Å²) in [5.74, 6) is 1.27. The lowest BCUT2D eigenvalue weighted by Gasteiger charge is -2.11. The minimum atomic E-state index is -0.0839. The van der Waals surface area contributed by atoms with Crippen LogP contribution in [0.2, 0.25) is 5.02 Å². The van der Waals surface area contributed by atoms with Gasteiger partial charge < -0.3 is 11.1 Å². The fourth-order valence-electron chi connectivity index (χ4n) is 1.86. The van der Waals surface area contributed by atoms with Gasteiger partial charge in [0.2, 0.25) is 0 Å². The minimum Gasteiger partial charge on any atom is -0.398 e. The van der Waals surface area contributed by atoms with Crippen molar-refractivity contribution >= 4 is 23.2 Å². The molecule has 1 atom stereocenters. The zero-order valence-corrected chi connectivity index (χ0v) is 10.6. The van der Waals surface area contributed by atoms with Gasteiger partial charge >= 0.3 is 0 Å². The van der Waals surface area contributed by atoms with Crippen molar-refractivity contribution in [2.24, 2.45) is 11.8 Å². The SMILES string of the molecule is CC(CNC(=O)c1ccc(N)c(Cl)c1)C1CC1. The van der Waals surface area contributed by atoms with Crippen molar-refractivity contribution in [3.05, 3.63) is 28.8 Å². The van der Waals surface area contributed by atoms with E-state index < -0.39 is 0 Å². The van der Waals surface area contributed by atoms with Crippen LogP contribution in [-0.4, -0.2) is 12.5 Å². The molecule has 1 saturated carbocycles. The lowest BCUT2D eigenvalue weighted by Crippen LogP contribution is -2.29. The van der Waals surface area contributed by atoms with Crippen LogP contribution >= 0.6 is 11.6 Å². The quantitative estimate of drug-likeness (QED) is 0.810. The second-order valence-electron chi connectivity index (χ2n) is 4.76. The Bertz CT molecular complexity index is 429. The highest BCUT2D eigenvalue weighted by Crippen LogP contribution is 2.36. The summed E-state index contributed by atoms with van der Waals surface area (Å²) in [5, 5.41) is 3.35. The van der Waals surface area contributed by atoms with Gasteiger partial charge in [0.15, 0.2) is 0 Å². The van der Waals surface area contributed by atoms with E-state index in [4.69, 9.17) is 17.3 Å². The van der Waals surface area contributed by atoms with Crippen LogP contribution in [0.25, 0.3) is 0 Å². The highest BCUT2D eigenvalue weighted by Gasteiger charge is 2.27. The van der Waals surface area contributed by atoms with Crippen LogP contribution in [0.1, 0.15) is 30.1 Å². The average Bonchev–Trinajstić information content (AvgIpc) is 3.13. The van der Waals surface area contributed by atoms with Gasteiger partial charge in [-0.15, -0.1) is 0 Å². The van der Waals surface area contributed by atoms with Crippen LogP contribution in [0.15, 0.2) is 18.2 Å². The second-order valence-corrected chi connectivity index (χ2v) is 5.17. The number of nitrogens with one attached hydrogen (secondary N) is 1. The molecule has 0 aromatic heterocycles. The molecule has 3 nitrogen and oxygen atoms in total. The number of anilines is 1. The molecule has 0 radical (unpaired) electrons. The van der Waals surface area contributed by atoms with E-state index in [2.05, 4.69) is 12.2 Å². The summed E-state index contributed by atoms with van der Waals surface area (Å²) >= 11 is 5.88. The van der Waals surface area contributed by atoms with E-state index in [1.807, 2.05) is 0 Å². The standard InChI is InChI=1S/C13H17ClN2O/c1-8(9-2-3-9)7-16-13(17)10-4-5-12(15)11(14)6-10/h4-6,8-9H,2-3,7,15H2,1H3,(H,16,17). The van der Waals surface area contributed by atoms with E-state index >= 15 is 0 Å². The Morgan fingerprint density at radius 2 is 2.29 bits per heavy atom. The van der Waals surface area contributed by atoms with Gasteiger partial charge in [-0.2, -0.15) is 0 Å². The summed E-state index contributed by atoms with van der Waals surface area (Å²) in [7, 11) is 0. The highest BCUT2D eigenvalue weighted by atomic mass is 35.5. The first-order valence-electron chi connectivity index (χ1n) is 5.91. The number of halogens is 1. The van der Waals surface area contributed by atoms with Crippen molar-refractivity contribution in [3.8, 4) is 0 Å². The molecular formula is C13H17ClN2O. The third-order valence-electron chi connectivity index (χ3n) is 3.27. The monoisotopic (exact) mass is 252 g/mol. The molecule has 0 aliphatic heterocycles. The van der Waals surface area contributed by atoms with Gasteiger partial charge in [0.1, 0.15) is 0 Å². The second kappa shape index (κ2) is 4.96. The molecule has 1 amide bonds. The van der Waals surface area contributed by atoms with E-state index in [1.54, 1.807) is 18.2 Å². The third-order valence-corrected chi connectivity index (χ3v) is 3.60. The first-order valence-corrected chi connectivity index (χ1v) is 6.29. The van der Waals surface area contributed by atoms with E-state index in [0.29, 0.717) is 22.2 Å². The van der Waals surface area contributed by atoms with Crippen LogP contribution in [0.3, 0.4) is 0 Å². The number of amides is 1. The Hall–Kier alpha value is -1.22. The first-order chi connectivity index (χ1) is 8.08. The van der Waals surface area contributed by atoms with Crippen molar-refractivity contribution in [1.29, 1.82) is 0 Å². The van der Waals surface area contributed by atoms with E-state index in [1.165, 1.54) is 12.8 Å². The number of nitrogen functional groups attached to an aromatic ring is 1. The van der Waals surface area contributed by atoms with Crippen molar-refractivity contribution < 1.29 is 4.79 Å². The molecule has 1 fully saturated rings. The predicted molar refractivity (Wildman–Crippen MR) is 70.1 cm³/mol. The van der Waals surface area contributed by atoms with Gasteiger partial charge in [0.05, 0.1) is 10.7 Å².